The SMILES string of the molecule is C=C(CC)CC(NCC)c1ccc(Cl)c(Br)c1. The molecule has 0 aliphatic carbocycles. The molecular weight excluding hydrogens is 298 g/mol. The first kappa shape index (κ1) is 14.7. The molecule has 3 heteroatoms. The van der Waals surface area contributed by atoms with Gasteiger partial charge in [0.05, 0.1) is 5.02 Å². The van der Waals surface area contributed by atoms with Crippen LogP contribution in [0.5, 0.6) is 0 Å². The van der Waals surface area contributed by atoms with E-state index in [0.717, 1.165) is 28.9 Å². The first-order valence-corrected chi connectivity index (χ1v) is 7.10. The minimum atomic E-state index is 0.320. The van der Waals surface area contributed by atoms with Gasteiger partial charge in [-0.3, -0.25) is 0 Å². The van der Waals surface area contributed by atoms with Crippen LogP contribution in [0.25, 0.3) is 0 Å². The van der Waals surface area contributed by atoms with E-state index in [2.05, 4.69) is 53.8 Å². The Kier molecular flexibility index (Phi) is 6.24. The Morgan fingerprint density at radius 3 is 2.71 bits per heavy atom. The van der Waals surface area contributed by atoms with Crippen LogP contribution in [0.4, 0.5) is 0 Å². The second-order valence-corrected chi connectivity index (χ2v) is 5.35. The molecule has 94 valence electrons. The van der Waals surface area contributed by atoms with Gasteiger partial charge < -0.3 is 5.32 Å². The maximum atomic E-state index is 6.01. The van der Waals surface area contributed by atoms with Crippen LogP contribution < -0.4 is 5.32 Å². The summed E-state index contributed by atoms with van der Waals surface area (Å²) in [7, 11) is 0. The monoisotopic (exact) mass is 315 g/mol. The van der Waals surface area contributed by atoms with Crippen LogP contribution in [0.3, 0.4) is 0 Å². The Labute approximate surface area is 117 Å². The fourth-order valence-corrected chi connectivity index (χ4v) is 2.23. The van der Waals surface area contributed by atoms with Crippen LogP contribution >= 0.6 is 27.5 Å². The van der Waals surface area contributed by atoms with E-state index in [0.29, 0.717) is 6.04 Å². The topological polar surface area (TPSA) is 12.0 Å². The highest BCUT2D eigenvalue weighted by atomic mass is 79.9. The van der Waals surface area contributed by atoms with Crippen LogP contribution in [0.15, 0.2) is 34.8 Å². The van der Waals surface area contributed by atoms with Crippen LogP contribution in [-0.4, -0.2) is 6.54 Å². The van der Waals surface area contributed by atoms with E-state index in [1.54, 1.807) is 0 Å². The van der Waals surface area contributed by atoms with E-state index in [4.69, 9.17) is 11.6 Å². The zero-order valence-corrected chi connectivity index (χ0v) is 12.7. The van der Waals surface area contributed by atoms with Crippen molar-refractivity contribution in [2.45, 2.75) is 32.7 Å². The van der Waals surface area contributed by atoms with Crippen LogP contribution in [0.1, 0.15) is 38.3 Å². The molecule has 0 saturated carbocycles. The van der Waals surface area contributed by atoms with Gasteiger partial charge in [-0.05, 0) is 53.0 Å². The molecule has 0 fully saturated rings. The van der Waals surface area contributed by atoms with Crippen molar-refractivity contribution in [2.75, 3.05) is 6.54 Å². The van der Waals surface area contributed by atoms with E-state index in [9.17, 15) is 0 Å². The Morgan fingerprint density at radius 2 is 2.18 bits per heavy atom. The molecule has 0 spiro atoms. The third-order valence-electron chi connectivity index (χ3n) is 2.79. The summed E-state index contributed by atoms with van der Waals surface area (Å²) in [5, 5.41) is 4.23. The number of hydrogen-bond donors (Lipinski definition) is 1. The largest absolute Gasteiger partial charge is 0.310 e. The van der Waals surface area contributed by atoms with Gasteiger partial charge >= 0.3 is 0 Å². The van der Waals surface area contributed by atoms with Gasteiger partial charge in [0.25, 0.3) is 0 Å². The van der Waals surface area contributed by atoms with Gasteiger partial charge in [0, 0.05) is 10.5 Å². The average molecular weight is 317 g/mol. The van der Waals surface area contributed by atoms with Crippen LogP contribution in [-0.2, 0) is 0 Å². The third kappa shape index (κ3) is 4.46. The quantitative estimate of drug-likeness (QED) is 0.719. The molecule has 0 amide bonds. The molecule has 0 aromatic heterocycles. The fraction of sp³-hybridized carbons (Fsp3) is 0.429. The molecule has 0 bridgehead atoms. The van der Waals surface area contributed by atoms with Crippen molar-refractivity contribution in [3.63, 3.8) is 0 Å². The van der Waals surface area contributed by atoms with E-state index >= 15 is 0 Å². The first-order chi connectivity index (χ1) is 8.08. The van der Waals surface area contributed by atoms with Crippen molar-refractivity contribution in [3.05, 3.63) is 45.4 Å². The summed E-state index contributed by atoms with van der Waals surface area (Å²) in [6.07, 6.45) is 2.00. The molecule has 0 saturated heterocycles. The Hall–Kier alpha value is -0.310. The lowest BCUT2D eigenvalue weighted by Gasteiger charge is -2.19. The standard InChI is InChI=1S/C14H19BrClN/c1-4-10(3)8-14(17-5-2)11-6-7-13(16)12(15)9-11/h6-7,9,14,17H,3-5,8H2,1-2H3. The lowest BCUT2D eigenvalue weighted by atomic mass is 9.98. The van der Waals surface area contributed by atoms with Crippen molar-refractivity contribution in [1.82, 2.24) is 5.32 Å². The van der Waals surface area contributed by atoms with Crippen molar-refractivity contribution in [2.24, 2.45) is 0 Å². The maximum Gasteiger partial charge on any atom is 0.0548 e. The molecular formula is C14H19BrClN. The second-order valence-electron chi connectivity index (χ2n) is 4.09. The predicted octanol–water partition coefficient (Wildman–Crippen LogP) is 5.11. The summed E-state index contributed by atoms with van der Waals surface area (Å²) in [4.78, 5) is 0. The smallest absolute Gasteiger partial charge is 0.0548 e. The summed E-state index contributed by atoms with van der Waals surface area (Å²) in [5.41, 5.74) is 2.51. The summed E-state index contributed by atoms with van der Waals surface area (Å²) in [6, 6.07) is 6.41. The van der Waals surface area contributed by atoms with Gasteiger partial charge in [0.1, 0.15) is 0 Å². The lowest BCUT2D eigenvalue weighted by Crippen LogP contribution is -2.21. The average Bonchev–Trinajstić information content (AvgIpc) is 2.32. The van der Waals surface area contributed by atoms with Gasteiger partial charge in [-0.15, -0.1) is 0 Å². The molecule has 0 aliphatic heterocycles. The molecule has 1 rings (SSSR count). The summed E-state index contributed by atoms with van der Waals surface area (Å²) >= 11 is 9.48. The number of halogens is 2. The summed E-state index contributed by atoms with van der Waals surface area (Å²) in [5.74, 6) is 0. The Morgan fingerprint density at radius 1 is 1.47 bits per heavy atom. The van der Waals surface area contributed by atoms with Crippen molar-refractivity contribution >= 4 is 27.5 Å². The zero-order valence-electron chi connectivity index (χ0n) is 10.4. The summed E-state index contributed by atoms with van der Waals surface area (Å²) < 4.78 is 0.946. The zero-order chi connectivity index (χ0) is 12.8. The maximum absolute atomic E-state index is 6.01. The van der Waals surface area contributed by atoms with Crippen molar-refractivity contribution < 1.29 is 0 Å². The number of rotatable bonds is 6. The molecule has 17 heavy (non-hydrogen) atoms. The third-order valence-corrected chi connectivity index (χ3v) is 4.00. The van der Waals surface area contributed by atoms with E-state index in [1.807, 2.05) is 6.07 Å². The minimum absolute atomic E-state index is 0.320. The normalized spacial score (nSPS) is 12.5. The highest BCUT2D eigenvalue weighted by molar-refractivity contribution is 9.10. The van der Waals surface area contributed by atoms with Gasteiger partial charge in [-0.25, -0.2) is 0 Å². The molecule has 0 heterocycles. The minimum Gasteiger partial charge on any atom is -0.310 e. The van der Waals surface area contributed by atoms with Gasteiger partial charge in [-0.2, -0.15) is 0 Å². The van der Waals surface area contributed by atoms with Gasteiger partial charge in [0.2, 0.25) is 0 Å². The van der Waals surface area contributed by atoms with E-state index < -0.39 is 0 Å². The van der Waals surface area contributed by atoms with Gasteiger partial charge in [-0.1, -0.05) is 43.7 Å². The van der Waals surface area contributed by atoms with Crippen LogP contribution in [0.2, 0.25) is 5.02 Å². The fourth-order valence-electron chi connectivity index (χ4n) is 1.72. The van der Waals surface area contributed by atoms with Crippen molar-refractivity contribution in [1.29, 1.82) is 0 Å². The molecule has 1 nitrogen and oxygen atoms in total. The van der Waals surface area contributed by atoms with Crippen molar-refractivity contribution in [3.8, 4) is 0 Å². The molecule has 0 radical (unpaired) electrons. The number of nitrogens with one attached hydrogen (secondary N) is 1. The molecule has 1 atom stereocenters. The highest BCUT2D eigenvalue weighted by Gasteiger charge is 2.12. The molecule has 0 aliphatic rings. The highest BCUT2D eigenvalue weighted by Crippen LogP contribution is 2.28. The van der Waals surface area contributed by atoms with E-state index in [-0.39, 0.29) is 0 Å². The molecule has 1 N–H and O–H groups in total. The molecule has 1 unspecified atom stereocenters. The summed E-state index contributed by atoms with van der Waals surface area (Å²) in [6.45, 7) is 9.29. The molecule has 1 aromatic rings. The molecule has 1 aromatic carbocycles. The lowest BCUT2D eigenvalue weighted by molar-refractivity contribution is 0.543. The van der Waals surface area contributed by atoms with E-state index in [1.165, 1.54) is 11.1 Å². The second kappa shape index (κ2) is 7.20. The van der Waals surface area contributed by atoms with Gasteiger partial charge in [0.15, 0.2) is 0 Å². The number of benzene rings is 1. The predicted molar refractivity (Wildman–Crippen MR) is 79.6 cm³/mol. The Bertz CT molecular complexity index is 390. The van der Waals surface area contributed by atoms with Crippen LogP contribution in [0, 0.1) is 0 Å². The Balaban J connectivity index is 2.88. The first-order valence-electron chi connectivity index (χ1n) is 5.93. The number of hydrogen-bond acceptors (Lipinski definition) is 1.